The van der Waals surface area contributed by atoms with Crippen LogP contribution >= 0.6 is 0 Å². The number of hydrogen-bond acceptors (Lipinski definition) is 3. The molecule has 0 saturated carbocycles. The minimum Gasteiger partial charge on any atom is -0.355 e. The molecule has 6 nitrogen and oxygen atoms in total. The molecule has 0 spiro atoms. The number of alkyl halides is 3. The van der Waals surface area contributed by atoms with Crippen molar-refractivity contribution in [3.05, 3.63) is 59.7 Å². The van der Waals surface area contributed by atoms with Crippen LogP contribution in [0.25, 0.3) is 0 Å². The minimum absolute atomic E-state index is 0.0116. The Hall–Kier alpha value is -3.36. The van der Waals surface area contributed by atoms with Crippen molar-refractivity contribution in [3.8, 4) is 0 Å². The number of carbonyl (C=O) groups is 3. The smallest absolute Gasteiger partial charge is 0.355 e. The van der Waals surface area contributed by atoms with E-state index in [0.29, 0.717) is 11.3 Å². The summed E-state index contributed by atoms with van der Waals surface area (Å²) >= 11 is 0. The summed E-state index contributed by atoms with van der Waals surface area (Å²) in [6.45, 7) is -0.0116. The van der Waals surface area contributed by atoms with Crippen LogP contribution in [0.15, 0.2) is 48.5 Å². The maximum absolute atomic E-state index is 12.9. The molecule has 1 saturated heterocycles. The Kier molecular flexibility index (Phi) is 5.58. The van der Waals surface area contributed by atoms with Crippen LogP contribution in [0.3, 0.4) is 0 Å². The lowest BCUT2D eigenvalue weighted by atomic mass is 10.1. The number of nitrogens with one attached hydrogen (secondary N) is 2. The zero-order chi connectivity index (χ0) is 21.2. The molecular weight excluding hydrogens is 387 g/mol. The zero-order valence-corrected chi connectivity index (χ0v) is 15.4. The molecule has 0 bridgehead atoms. The second-order valence-electron chi connectivity index (χ2n) is 6.60. The van der Waals surface area contributed by atoms with E-state index in [0.717, 1.165) is 12.1 Å². The van der Waals surface area contributed by atoms with Crippen molar-refractivity contribution < 1.29 is 27.6 Å². The predicted octanol–water partition coefficient (Wildman–Crippen LogP) is 3.06. The lowest BCUT2D eigenvalue weighted by molar-refractivity contribution is -0.137. The van der Waals surface area contributed by atoms with Gasteiger partial charge >= 0.3 is 6.18 Å². The van der Waals surface area contributed by atoms with Gasteiger partial charge in [-0.05, 0) is 42.5 Å². The molecule has 1 atom stereocenters. The number of nitrogens with zero attached hydrogens (tertiary/aromatic N) is 1. The highest BCUT2D eigenvalue weighted by Gasteiger charge is 2.37. The van der Waals surface area contributed by atoms with Crippen LogP contribution in [0.4, 0.5) is 24.5 Å². The Labute approximate surface area is 164 Å². The van der Waals surface area contributed by atoms with Crippen molar-refractivity contribution in [2.75, 3.05) is 23.8 Å². The van der Waals surface area contributed by atoms with Crippen LogP contribution in [-0.2, 0) is 15.8 Å². The Morgan fingerprint density at radius 2 is 1.79 bits per heavy atom. The molecule has 9 heteroatoms. The topological polar surface area (TPSA) is 78.5 Å². The summed E-state index contributed by atoms with van der Waals surface area (Å²) in [6.07, 6.45) is -4.62. The average Bonchev–Trinajstić information content (AvgIpc) is 3.09. The largest absolute Gasteiger partial charge is 0.416 e. The summed E-state index contributed by atoms with van der Waals surface area (Å²) in [5, 5.41) is 5.15. The van der Waals surface area contributed by atoms with E-state index in [1.807, 2.05) is 0 Å². The van der Waals surface area contributed by atoms with Crippen LogP contribution in [0.2, 0.25) is 0 Å². The van der Waals surface area contributed by atoms with Gasteiger partial charge in [0.1, 0.15) is 0 Å². The number of hydrogen-bond donors (Lipinski definition) is 2. The number of benzene rings is 2. The highest BCUT2D eigenvalue weighted by Crippen LogP contribution is 2.33. The molecule has 0 unspecified atom stereocenters. The van der Waals surface area contributed by atoms with Crippen LogP contribution in [0.5, 0.6) is 0 Å². The third-order valence-corrected chi connectivity index (χ3v) is 4.62. The number of anilines is 2. The molecule has 2 aromatic carbocycles. The summed E-state index contributed by atoms with van der Waals surface area (Å²) in [5.74, 6) is -1.79. The SMILES string of the molecule is CNC(=O)c1ccc(NC(=O)[C@@H]2CC(=O)N(c3cccc(C(F)(F)F)c3)C2)cc1. The first-order valence-corrected chi connectivity index (χ1v) is 8.79. The Bertz CT molecular complexity index is 942. The molecule has 1 aliphatic rings. The van der Waals surface area contributed by atoms with Gasteiger partial charge in [-0.15, -0.1) is 0 Å². The fourth-order valence-corrected chi connectivity index (χ4v) is 3.08. The normalized spacial score (nSPS) is 16.6. The summed E-state index contributed by atoms with van der Waals surface area (Å²) in [7, 11) is 1.51. The Morgan fingerprint density at radius 1 is 1.10 bits per heavy atom. The quantitative estimate of drug-likeness (QED) is 0.821. The highest BCUT2D eigenvalue weighted by atomic mass is 19.4. The molecule has 3 amide bonds. The first kappa shape index (κ1) is 20.4. The number of carbonyl (C=O) groups excluding carboxylic acids is 3. The predicted molar refractivity (Wildman–Crippen MR) is 100 cm³/mol. The molecule has 1 fully saturated rings. The van der Waals surface area contributed by atoms with Crippen molar-refractivity contribution >= 4 is 29.1 Å². The molecule has 1 aliphatic heterocycles. The Balaban J connectivity index is 1.68. The zero-order valence-electron chi connectivity index (χ0n) is 15.4. The molecule has 1 heterocycles. The summed E-state index contributed by atoms with van der Waals surface area (Å²) in [4.78, 5) is 37.5. The monoisotopic (exact) mass is 405 g/mol. The van der Waals surface area contributed by atoms with E-state index in [2.05, 4.69) is 10.6 Å². The van der Waals surface area contributed by atoms with Crippen LogP contribution < -0.4 is 15.5 Å². The molecule has 152 valence electrons. The van der Waals surface area contributed by atoms with Crippen molar-refractivity contribution in [2.45, 2.75) is 12.6 Å². The van der Waals surface area contributed by atoms with E-state index >= 15 is 0 Å². The fourth-order valence-electron chi connectivity index (χ4n) is 3.08. The average molecular weight is 405 g/mol. The summed E-state index contributed by atoms with van der Waals surface area (Å²) < 4.78 is 38.7. The van der Waals surface area contributed by atoms with Crippen molar-refractivity contribution in [1.29, 1.82) is 0 Å². The molecule has 0 radical (unpaired) electrons. The minimum atomic E-state index is -4.52. The second-order valence-corrected chi connectivity index (χ2v) is 6.60. The Morgan fingerprint density at radius 3 is 2.41 bits per heavy atom. The van der Waals surface area contributed by atoms with Gasteiger partial charge in [0, 0.05) is 37.0 Å². The lowest BCUT2D eigenvalue weighted by Gasteiger charge is -2.18. The molecule has 3 rings (SSSR count). The van der Waals surface area contributed by atoms with E-state index in [9.17, 15) is 27.6 Å². The van der Waals surface area contributed by atoms with Gasteiger partial charge < -0.3 is 15.5 Å². The molecule has 0 aliphatic carbocycles. The second kappa shape index (κ2) is 7.94. The first-order valence-electron chi connectivity index (χ1n) is 8.79. The third-order valence-electron chi connectivity index (χ3n) is 4.62. The fraction of sp³-hybridized carbons (Fsp3) is 0.250. The van der Waals surface area contributed by atoms with Crippen molar-refractivity contribution in [2.24, 2.45) is 5.92 Å². The maximum atomic E-state index is 12.9. The van der Waals surface area contributed by atoms with E-state index in [1.165, 1.54) is 24.1 Å². The number of rotatable bonds is 4. The maximum Gasteiger partial charge on any atom is 0.416 e. The third kappa shape index (κ3) is 4.56. The van der Waals surface area contributed by atoms with Crippen LogP contribution in [0.1, 0.15) is 22.3 Å². The van der Waals surface area contributed by atoms with Gasteiger partial charge in [-0.1, -0.05) is 6.07 Å². The van der Waals surface area contributed by atoms with Gasteiger partial charge in [-0.2, -0.15) is 13.2 Å². The van der Waals surface area contributed by atoms with Crippen LogP contribution in [-0.4, -0.2) is 31.3 Å². The molecule has 0 aromatic heterocycles. The van der Waals surface area contributed by atoms with Gasteiger partial charge in [0.25, 0.3) is 5.91 Å². The van der Waals surface area contributed by atoms with Crippen molar-refractivity contribution in [3.63, 3.8) is 0 Å². The van der Waals surface area contributed by atoms with Gasteiger partial charge in [0.15, 0.2) is 0 Å². The van der Waals surface area contributed by atoms with E-state index < -0.39 is 29.5 Å². The molecule has 2 aromatic rings. The summed E-state index contributed by atoms with van der Waals surface area (Å²) in [6, 6.07) is 10.7. The molecule has 29 heavy (non-hydrogen) atoms. The van der Waals surface area contributed by atoms with Gasteiger partial charge in [0.05, 0.1) is 11.5 Å². The highest BCUT2D eigenvalue weighted by molar-refractivity contribution is 6.03. The number of halogens is 3. The van der Waals surface area contributed by atoms with E-state index in [-0.39, 0.29) is 24.6 Å². The summed E-state index contributed by atoms with van der Waals surface area (Å²) in [5.41, 5.74) is 0.131. The van der Waals surface area contributed by atoms with Gasteiger partial charge in [-0.3, -0.25) is 14.4 Å². The van der Waals surface area contributed by atoms with Gasteiger partial charge in [0.2, 0.25) is 11.8 Å². The van der Waals surface area contributed by atoms with E-state index in [4.69, 9.17) is 0 Å². The lowest BCUT2D eigenvalue weighted by Crippen LogP contribution is -2.28. The van der Waals surface area contributed by atoms with Crippen LogP contribution in [0, 0.1) is 5.92 Å². The van der Waals surface area contributed by atoms with Crippen molar-refractivity contribution in [1.82, 2.24) is 5.32 Å². The number of amides is 3. The molecule has 2 N–H and O–H groups in total. The van der Waals surface area contributed by atoms with E-state index in [1.54, 1.807) is 24.3 Å². The first-order chi connectivity index (χ1) is 13.7. The standard InChI is InChI=1S/C20H18F3N3O3/c1-24-18(28)12-5-7-15(8-6-12)25-19(29)13-9-17(27)26(11-13)16-4-2-3-14(10-16)20(21,22)23/h2-8,10,13H,9,11H2,1H3,(H,24,28)(H,25,29)/t13-/m1/s1. The molecular formula is C20H18F3N3O3. The van der Waals surface area contributed by atoms with Gasteiger partial charge in [-0.25, -0.2) is 0 Å².